The van der Waals surface area contributed by atoms with Gasteiger partial charge in [-0.25, -0.2) is 0 Å². The monoisotopic (exact) mass is 427 g/mol. The van der Waals surface area contributed by atoms with E-state index in [-0.39, 0.29) is 12.5 Å². The Kier molecular flexibility index (Phi) is 7.63. The van der Waals surface area contributed by atoms with Crippen LogP contribution in [-0.4, -0.2) is 58.8 Å². The van der Waals surface area contributed by atoms with E-state index in [4.69, 9.17) is 14.2 Å². The lowest BCUT2D eigenvalue weighted by Crippen LogP contribution is -2.30. The lowest BCUT2D eigenvalue weighted by Gasteiger charge is -2.21. The van der Waals surface area contributed by atoms with E-state index in [9.17, 15) is 4.79 Å². The van der Waals surface area contributed by atoms with Crippen LogP contribution in [0.3, 0.4) is 0 Å². The minimum atomic E-state index is -0.0565. The molecule has 1 aliphatic heterocycles. The molecule has 1 saturated heterocycles. The molecule has 1 N–H and O–H groups in total. The summed E-state index contributed by atoms with van der Waals surface area (Å²) < 4.78 is 16.3. The average Bonchev–Trinajstić information content (AvgIpc) is 3.29. The van der Waals surface area contributed by atoms with Crippen LogP contribution in [0.15, 0.2) is 30.3 Å². The quantitative estimate of drug-likeness (QED) is 0.659. The molecule has 1 aliphatic rings. The number of likely N-dealkylation sites (N-methyl/N-ethyl adjacent to an activating group) is 1. The first-order chi connectivity index (χ1) is 15.0. The van der Waals surface area contributed by atoms with E-state index in [0.29, 0.717) is 23.8 Å². The van der Waals surface area contributed by atoms with E-state index >= 15 is 0 Å². The number of amides is 1. The van der Waals surface area contributed by atoms with Gasteiger partial charge in [-0.05, 0) is 56.6 Å². The summed E-state index contributed by atoms with van der Waals surface area (Å²) >= 11 is 0. The van der Waals surface area contributed by atoms with Crippen molar-refractivity contribution in [2.45, 2.75) is 26.3 Å². The van der Waals surface area contributed by atoms with Gasteiger partial charge in [-0.15, -0.1) is 0 Å². The second-order valence-corrected chi connectivity index (χ2v) is 7.91. The van der Waals surface area contributed by atoms with Crippen molar-refractivity contribution >= 4 is 17.3 Å². The zero-order valence-electron chi connectivity index (χ0n) is 19.2. The zero-order chi connectivity index (χ0) is 22.4. The van der Waals surface area contributed by atoms with Crippen molar-refractivity contribution in [1.82, 2.24) is 4.90 Å². The summed E-state index contributed by atoms with van der Waals surface area (Å²) in [6, 6.07) is 10.0. The van der Waals surface area contributed by atoms with Crippen molar-refractivity contribution in [3.05, 3.63) is 41.5 Å². The molecule has 31 heavy (non-hydrogen) atoms. The normalized spacial score (nSPS) is 13.4. The van der Waals surface area contributed by atoms with Gasteiger partial charge in [0.1, 0.15) is 0 Å². The van der Waals surface area contributed by atoms with Gasteiger partial charge in [0, 0.05) is 36.6 Å². The number of methoxy groups -OCH3 is 3. The van der Waals surface area contributed by atoms with Crippen LogP contribution in [0.25, 0.3) is 0 Å². The number of carbonyl (C=O) groups excluding carboxylic acids is 1. The van der Waals surface area contributed by atoms with Gasteiger partial charge in [-0.3, -0.25) is 9.69 Å². The number of aryl methyl sites for hydroxylation is 1. The third-order valence-corrected chi connectivity index (χ3v) is 5.59. The molecule has 2 aromatic carbocycles. The number of hydrogen-bond donors (Lipinski definition) is 1. The molecule has 0 saturated carbocycles. The van der Waals surface area contributed by atoms with Gasteiger partial charge in [0.05, 0.1) is 27.9 Å². The Morgan fingerprint density at radius 3 is 2.35 bits per heavy atom. The van der Waals surface area contributed by atoms with Crippen LogP contribution < -0.4 is 24.4 Å². The molecule has 1 fully saturated rings. The van der Waals surface area contributed by atoms with Crippen LogP contribution in [0.4, 0.5) is 11.4 Å². The number of ether oxygens (including phenoxy) is 3. The van der Waals surface area contributed by atoms with Crippen molar-refractivity contribution < 1.29 is 19.0 Å². The maximum absolute atomic E-state index is 12.6. The largest absolute Gasteiger partial charge is 0.493 e. The van der Waals surface area contributed by atoms with E-state index in [0.717, 1.165) is 29.9 Å². The molecule has 1 amide bonds. The Morgan fingerprint density at radius 2 is 1.74 bits per heavy atom. The highest BCUT2D eigenvalue weighted by molar-refractivity contribution is 5.93. The van der Waals surface area contributed by atoms with Crippen molar-refractivity contribution in [3.8, 4) is 17.2 Å². The maximum atomic E-state index is 12.6. The van der Waals surface area contributed by atoms with E-state index in [1.165, 1.54) is 18.5 Å². The van der Waals surface area contributed by atoms with Gasteiger partial charge in [0.25, 0.3) is 0 Å². The molecule has 0 aromatic heterocycles. The van der Waals surface area contributed by atoms with Crippen molar-refractivity contribution in [2.24, 2.45) is 0 Å². The molecule has 0 radical (unpaired) electrons. The summed E-state index contributed by atoms with van der Waals surface area (Å²) in [7, 11) is 6.67. The van der Waals surface area contributed by atoms with Crippen LogP contribution in [0.5, 0.6) is 17.2 Å². The van der Waals surface area contributed by atoms with E-state index < -0.39 is 0 Å². The second-order valence-electron chi connectivity index (χ2n) is 7.91. The molecule has 7 heteroatoms. The zero-order valence-corrected chi connectivity index (χ0v) is 19.2. The van der Waals surface area contributed by atoms with Gasteiger partial charge in [0.2, 0.25) is 11.7 Å². The Balaban J connectivity index is 1.62. The number of nitrogens with zero attached hydrogens (tertiary/aromatic N) is 2. The molecule has 7 nitrogen and oxygen atoms in total. The van der Waals surface area contributed by atoms with Crippen LogP contribution in [0.2, 0.25) is 0 Å². The summed E-state index contributed by atoms with van der Waals surface area (Å²) in [5.74, 6) is 1.71. The second kappa shape index (κ2) is 10.4. The third kappa shape index (κ3) is 5.41. The average molecular weight is 428 g/mol. The van der Waals surface area contributed by atoms with Gasteiger partial charge in [-0.2, -0.15) is 0 Å². The highest BCUT2D eigenvalue weighted by Gasteiger charge is 2.18. The summed E-state index contributed by atoms with van der Waals surface area (Å²) in [4.78, 5) is 17.0. The fourth-order valence-electron chi connectivity index (χ4n) is 4.03. The molecule has 168 valence electrons. The van der Waals surface area contributed by atoms with E-state index in [1.807, 2.05) is 37.1 Å². The molecule has 3 rings (SSSR count). The van der Waals surface area contributed by atoms with Crippen LogP contribution >= 0.6 is 0 Å². The minimum absolute atomic E-state index is 0.0565. The fraction of sp³-hybridized carbons (Fsp3) is 0.458. The Hall–Kier alpha value is -2.93. The Labute approximate surface area is 184 Å². The van der Waals surface area contributed by atoms with Crippen molar-refractivity contribution in [2.75, 3.05) is 58.2 Å². The number of hydrogen-bond acceptors (Lipinski definition) is 6. The standard InChI is InChI=1S/C24H33N3O4/c1-17-14-19(27-12-6-7-13-27)9-10-20(17)25-22(28)16-26(2)15-18-8-11-21(29-3)24(31-5)23(18)30-4/h8-11,14H,6-7,12-13,15-16H2,1-5H3,(H,25,28). The van der Waals surface area contributed by atoms with Gasteiger partial charge >= 0.3 is 0 Å². The lowest BCUT2D eigenvalue weighted by molar-refractivity contribution is -0.117. The van der Waals surface area contributed by atoms with Crippen LogP contribution in [0.1, 0.15) is 24.0 Å². The summed E-state index contributed by atoms with van der Waals surface area (Å²) in [5.41, 5.74) is 4.07. The van der Waals surface area contributed by atoms with Gasteiger partial charge in [-0.1, -0.05) is 6.07 Å². The van der Waals surface area contributed by atoms with Crippen molar-refractivity contribution in [3.63, 3.8) is 0 Å². The van der Waals surface area contributed by atoms with Crippen LogP contribution in [-0.2, 0) is 11.3 Å². The molecular weight excluding hydrogens is 394 g/mol. The number of carbonyl (C=O) groups is 1. The number of benzene rings is 2. The van der Waals surface area contributed by atoms with E-state index in [2.05, 4.69) is 22.3 Å². The molecule has 0 unspecified atom stereocenters. The lowest BCUT2D eigenvalue weighted by atomic mass is 10.1. The number of nitrogens with one attached hydrogen (secondary N) is 1. The molecule has 0 atom stereocenters. The number of anilines is 2. The molecular formula is C24H33N3O4. The number of rotatable bonds is 9. The highest BCUT2D eigenvalue weighted by Crippen LogP contribution is 2.40. The predicted octanol–water partition coefficient (Wildman–Crippen LogP) is 3.69. The molecule has 0 spiro atoms. The highest BCUT2D eigenvalue weighted by atomic mass is 16.5. The summed E-state index contributed by atoms with van der Waals surface area (Å²) in [6.45, 7) is 5.03. The minimum Gasteiger partial charge on any atom is -0.493 e. The molecule has 1 heterocycles. The Bertz CT molecular complexity index is 910. The van der Waals surface area contributed by atoms with Crippen LogP contribution in [0, 0.1) is 6.92 Å². The molecule has 0 bridgehead atoms. The topological polar surface area (TPSA) is 63.3 Å². The molecule has 2 aromatic rings. The smallest absolute Gasteiger partial charge is 0.238 e. The maximum Gasteiger partial charge on any atom is 0.238 e. The summed E-state index contributed by atoms with van der Waals surface area (Å²) in [5, 5.41) is 3.04. The first-order valence-corrected chi connectivity index (χ1v) is 10.6. The fourth-order valence-corrected chi connectivity index (χ4v) is 4.03. The van der Waals surface area contributed by atoms with Gasteiger partial charge in [0.15, 0.2) is 11.5 Å². The molecule has 0 aliphatic carbocycles. The first-order valence-electron chi connectivity index (χ1n) is 10.6. The SMILES string of the molecule is COc1ccc(CN(C)CC(=O)Nc2ccc(N3CCCC3)cc2C)c(OC)c1OC. The van der Waals surface area contributed by atoms with Gasteiger partial charge < -0.3 is 24.4 Å². The van der Waals surface area contributed by atoms with Crippen molar-refractivity contribution in [1.29, 1.82) is 0 Å². The predicted molar refractivity (Wildman–Crippen MR) is 124 cm³/mol. The van der Waals surface area contributed by atoms with E-state index in [1.54, 1.807) is 21.3 Å². The first kappa shape index (κ1) is 22.7. The third-order valence-electron chi connectivity index (χ3n) is 5.59. The summed E-state index contributed by atoms with van der Waals surface area (Å²) in [6.07, 6.45) is 2.49. The Morgan fingerprint density at radius 1 is 1.03 bits per heavy atom.